The highest BCUT2D eigenvalue weighted by Crippen LogP contribution is 2.33. The Morgan fingerprint density at radius 3 is 2.67 bits per heavy atom. The van der Waals surface area contributed by atoms with E-state index in [1.54, 1.807) is 11.9 Å². The van der Waals surface area contributed by atoms with Gasteiger partial charge in [-0.1, -0.05) is 24.3 Å². The number of imidazole rings is 1. The molecule has 0 aliphatic carbocycles. The third kappa shape index (κ3) is 3.16. The minimum atomic E-state index is -0.0542. The fourth-order valence-corrected chi connectivity index (χ4v) is 3.84. The van der Waals surface area contributed by atoms with Crippen LogP contribution in [0.3, 0.4) is 0 Å². The summed E-state index contributed by atoms with van der Waals surface area (Å²) >= 11 is 0. The molecule has 30 heavy (non-hydrogen) atoms. The van der Waals surface area contributed by atoms with Gasteiger partial charge in [-0.2, -0.15) is 0 Å². The average molecular weight is 399 g/mol. The number of aromatic nitrogens is 2. The molecule has 150 valence electrons. The number of fused-ring (bicyclic) bond motifs is 2. The van der Waals surface area contributed by atoms with Gasteiger partial charge in [-0.25, -0.2) is 4.98 Å². The molecule has 3 aromatic carbocycles. The van der Waals surface area contributed by atoms with Crippen LogP contribution < -0.4 is 9.47 Å². The molecule has 4 aromatic rings. The SMILES string of the molecule is Cc1nc2cc(C(=O)N(C)Cc3ccc4c(c3)OCO4)ccc2n1-c1ccccc1. The lowest BCUT2D eigenvalue weighted by Gasteiger charge is -2.17. The number of para-hydroxylation sites is 1. The maximum Gasteiger partial charge on any atom is 0.253 e. The van der Waals surface area contributed by atoms with Gasteiger partial charge in [0, 0.05) is 24.8 Å². The molecule has 1 aliphatic heterocycles. The van der Waals surface area contributed by atoms with Gasteiger partial charge in [0.1, 0.15) is 5.82 Å². The Labute approximate surface area is 174 Å². The highest BCUT2D eigenvalue weighted by atomic mass is 16.7. The fourth-order valence-electron chi connectivity index (χ4n) is 3.84. The molecule has 1 amide bonds. The highest BCUT2D eigenvalue weighted by Gasteiger charge is 2.18. The van der Waals surface area contributed by atoms with Crippen molar-refractivity contribution >= 4 is 16.9 Å². The van der Waals surface area contributed by atoms with Gasteiger partial charge >= 0.3 is 0 Å². The van der Waals surface area contributed by atoms with Crippen molar-refractivity contribution in [1.82, 2.24) is 14.5 Å². The van der Waals surface area contributed by atoms with Crippen molar-refractivity contribution in [1.29, 1.82) is 0 Å². The molecule has 0 radical (unpaired) electrons. The lowest BCUT2D eigenvalue weighted by molar-refractivity contribution is 0.0785. The number of hydrogen-bond acceptors (Lipinski definition) is 4. The maximum atomic E-state index is 13.0. The summed E-state index contributed by atoms with van der Waals surface area (Å²) in [7, 11) is 1.80. The number of carbonyl (C=O) groups excluding carboxylic acids is 1. The lowest BCUT2D eigenvalue weighted by atomic mass is 10.1. The largest absolute Gasteiger partial charge is 0.454 e. The average Bonchev–Trinajstić information content (AvgIpc) is 3.36. The summed E-state index contributed by atoms with van der Waals surface area (Å²) in [6.07, 6.45) is 0. The molecular weight excluding hydrogens is 378 g/mol. The molecule has 0 bridgehead atoms. The predicted molar refractivity (Wildman–Crippen MR) is 114 cm³/mol. The molecular formula is C24H21N3O3. The van der Waals surface area contributed by atoms with E-state index >= 15 is 0 Å². The van der Waals surface area contributed by atoms with Crippen molar-refractivity contribution in [2.24, 2.45) is 0 Å². The molecule has 6 heteroatoms. The second-order valence-corrected chi connectivity index (χ2v) is 7.38. The predicted octanol–water partition coefficient (Wildman–Crippen LogP) is 4.33. The molecule has 5 rings (SSSR count). The summed E-state index contributed by atoms with van der Waals surface area (Å²) in [6.45, 7) is 2.69. The van der Waals surface area contributed by atoms with Crippen LogP contribution in [0.1, 0.15) is 21.7 Å². The Morgan fingerprint density at radius 1 is 1.03 bits per heavy atom. The van der Waals surface area contributed by atoms with Gasteiger partial charge in [0.15, 0.2) is 11.5 Å². The normalized spacial score (nSPS) is 12.3. The van der Waals surface area contributed by atoms with E-state index in [-0.39, 0.29) is 12.7 Å². The molecule has 0 spiro atoms. The molecule has 1 aromatic heterocycles. The quantitative estimate of drug-likeness (QED) is 0.512. The van der Waals surface area contributed by atoms with Crippen molar-refractivity contribution in [2.75, 3.05) is 13.8 Å². The van der Waals surface area contributed by atoms with Gasteiger partial charge in [0.25, 0.3) is 5.91 Å². The minimum absolute atomic E-state index is 0.0542. The van der Waals surface area contributed by atoms with Gasteiger partial charge in [0.2, 0.25) is 6.79 Å². The van der Waals surface area contributed by atoms with E-state index in [2.05, 4.69) is 9.55 Å². The van der Waals surface area contributed by atoms with Crippen LogP contribution in [0.5, 0.6) is 11.5 Å². The van der Waals surface area contributed by atoms with Crippen LogP contribution in [0.2, 0.25) is 0 Å². The van der Waals surface area contributed by atoms with E-state index in [1.165, 1.54) is 0 Å². The minimum Gasteiger partial charge on any atom is -0.454 e. The number of aryl methyl sites for hydroxylation is 1. The van der Waals surface area contributed by atoms with E-state index < -0.39 is 0 Å². The zero-order valence-corrected chi connectivity index (χ0v) is 16.8. The van der Waals surface area contributed by atoms with Gasteiger partial charge < -0.3 is 14.4 Å². The van der Waals surface area contributed by atoms with Crippen LogP contribution in [0, 0.1) is 6.92 Å². The van der Waals surface area contributed by atoms with Crippen LogP contribution in [0.15, 0.2) is 66.7 Å². The van der Waals surface area contributed by atoms with E-state index in [9.17, 15) is 4.79 Å². The monoisotopic (exact) mass is 399 g/mol. The van der Waals surface area contributed by atoms with Gasteiger partial charge in [-0.05, 0) is 55.0 Å². The van der Waals surface area contributed by atoms with Crippen molar-refractivity contribution in [2.45, 2.75) is 13.5 Å². The van der Waals surface area contributed by atoms with Crippen molar-refractivity contribution in [3.63, 3.8) is 0 Å². The third-order valence-corrected chi connectivity index (χ3v) is 5.29. The number of carbonyl (C=O) groups is 1. The second kappa shape index (κ2) is 7.22. The van der Waals surface area contributed by atoms with Crippen LogP contribution >= 0.6 is 0 Å². The molecule has 2 heterocycles. The van der Waals surface area contributed by atoms with Gasteiger partial charge in [-0.3, -0.25) is 9.36 Å². The number of amides is 1. The Bertz CT molecular complexity index is 1250. The Hall–Kier alpha value is -3.80. The third-order valence-electron chi connectivity index (χ3n) is 5.29. The molecule has 0 fully saturated rings. The summed E-state index contributed by atoms with van der Waals surface area (Å²) in [6, 6.07) is 21.5. The smallest absolute Gasteiger partial charge is 0.253 e. The topological polar surface area (TPSA) is 56.6 Å². The first-order valence-electron chi connectivity index (χ1n) is 9.79. The molecule has 0 unspecified atom stereocenters. The molecule has 0 saturated heterocycles. The number of rotatable bonds is 4. The van der Waals surface area contributed by atoms with E-state index in [0.29, 0.717) is 12.1 Å². The van der Waals surface area contributed by atoms with Crippen LogP contribution in [-0.2, 0) is 6.54 Å². The first-order valence-corrected chi connectivity index (χ1v) is 9.79. The van der Waals surface area contributed by atoms with Crippen LogP contribution in [-0.4, -0.2) is 34.2 Å². The summed E-state index contributed by atoms with van der Waals surface area (Å²) in [5.41, 5.74) is 4.44. The number of ether oxygens (including phenoxy) is 2. The summed E-state index contributed by atoms with van der Waals surface area (Å²) in [5, 5.41) is 0. The standard InChI is InChI=1S/C24H21N3O3/c1-16-25-20-13-18(9-10-21(20)27(16)19-6-4-3-5-7-19)24(28)26(2)14-17-8-11-22-23(12-17)30-15-29-22/h3-13H,14-15H2,1-2H3. The zero-order chi connectivity index (χ0) is 20.7. The maximum absolute atomic E-state index is 13.0. The Balaban J connectivity index is 1.41. The molecule has 0 saturated carbocycles. The number of hydrogen-bond donors (Lipinski definition) is 0. The highest BCUT2D eigenvalue weighted by molar-refractivity contribution is 5.97. The summed E-state index contributed by atoms with van der Waals surface area (Å²) in [4.78, 5) is 19.4. The first-order chi connectivity index (χ1) is 14.6. The summed E-state index contributed by atoms with van der Waals surface area (Å²) < 4.78 is 12.9. The second-order valence-electron chi connectivity index (χ2n) is 7.38. The molecule has 6 nitrogen and oxygen atoms in total. The van der Waals surface area contributed by atoms with Crippen LogP contribution in [0.4, 0.5) is 0 Å². The Morgan fingerprint density at radius 2 is 1.83 bits per heavy atom. The van der Waals surface area contributed by atoms with Crippen LogP contribution in [0.25, 0.3) is 16.7 Å². The first kappa shape index (κ1) is 18.2. The number of benzene rings is 3. The number of nitrogens with zero attached hydrogens (tertiary/aromatic N) is 3. The van der Waals surface area contributed by atoms with E-state index in [0.717, 1.165) is 39.6 Å². The van der Waals surface area contributed by atoms with Gasteiger partial charge in [-0.15, -0.1) is 0 Å². The van der Waals surface area contributed by atoms with Crippen molar-refractivity contribution in [3.8, 4) is 17.2 Å². The summed E-state index contributed by atoms with van der Waals surface area (Å²) in [5.74, 6) is 2.29. The van der Waals surface area contributed by atoms with E-state index in [1.807, 2.05) is 73.7 Å². The molecule has 0 atom stereocenters. The molecule has 1 aliphatic rings. The van der Waals surface area contributed by atoms with Crippen molar-refractivity contribution < 1.29 is 14.3 Å². The van der Waals surface area contributed by atoms with E-state index in [4.69, 9.17) is 9.47 Å². The van der Waals surface area contributed by atoms with Crippen molar-refractivity contribution in [3.05, 3.63) is 83.7 Å². The van der Waals surface area contributed by atoms with Gasteiger partial charge in [0.05, 0.1) is 11.0 Å². The zero-order valence-electron chi connectivity index (χ0n) is 16.8. The fraction of sp³-hybridized carbons (Fsp3) is 0.167. The Kier molecular flexibility index (Phi) is 4.39. The lowest BCUT2D eigenvalue weighted by Crippen LogP contribution is -2.26. The molecule has 0 N–H and O–H groups in total.